The van der Waals surface area contributed by atoms with Crippen LogP contribution in [0.15, 0.2) is 23.1 Å². The molecule has 5 nitrogen and oxygen atoms in total. The molecule has 0 radical (unpaired) electrons. The van der Waals surface area contributed by atoms with Gasteiger partial charge in [0.05, 0.1) is 4.90 Å². The molecule has 128 valence electrons. The fourth-order valence-corrected chi connectivity index (χ4v) is 4.34. The smallest absolute Gasteiger partial charge is 0.251 e. The molecule has 0 aromatic heterocycles. The number of hydrogen-bond donors (Lipinski definition) is 2. The number of carbonyl (C=O) groups is 1. The highest BCUT2D eigenvalue weighted by Crippen LogP contribution is 2.20. The summed E-state index contributed by atoms with van der Waals surface area (Å²) in [6.45, 7) is 1.79. The van der Waals surface area contributed by atoms with Crippen LogP contribution in [-0.2, 0) is 10.0 Å². The van der Waals surface area contributed by atoms with E-state index >= 15 is 0 Å². The van der Waals surface area contributed by atoms with Gasteiger partial charge in [0.1, 0.15) is 0 Å². The Morgan fingerprint density at radius 2 is 1.70 bits per heavy atom. The van der Waals surface area contributed by atoms with Gasteiger partial charge in [-0.1, -0.05) is 38.2 Å². The number of amides is 1. The molecule has 0 atom stereocenters. The third-order valence-electron chi connectivity index (χ3n) is 4.42. The van der Waals surface area contributed by atoms with E-state index in [-0.39, 0.29) is 16.8 Å². The van der Waals surface area contributed by atoms with Gasteiger partial charge < -0.3 is 5.32 Å². The van der Waals surface area contributed by atoms with Crippen molar-refractivity contribution in [2.45, 2.75) is 62.8 Å². The molecule has 2 rings (SSSR count). The van der Waals surface area contributed by atoms with Crippen LogP contribution < -0.4 is 10.0 Å². The van der Waals surface area contributed by atoms with Crippen molar-refractivity contribution in [2.24, 2.45) is 0 Å². The van der Waals surface area contributed by atoms with E-state index in [0.717, 1.165) is 31.2 Å². The molecule has 1 aromatic rings. The average Bonchev–Trinajstić information content (AvgIpc) is 2.49. The first-order chi connectivity index (χ1) is 10.9. The highest BCUT2D eigenvalue weighted by molar-refractivity contribution is 7.89. The Hall–Kier alpha value is -1.40. The second-order valence-electron chi connectivity index (χ2n) is 6.22. The van der Waals surface area contributed by atoms with Crippen molar-refractivity contribution in [1.29, 1.82) is 0 Å². The lowest BCUT2D eigenvalue weighted by molar-refractivity contribution is 0.0962. The number of rotatable bonds is 4. The first-order valence-electron chi connectivity index (χ1n) is 8.29. The van der Waals surface area contributed by atoms with Crippen LogP contribution >= 0.6 is 0 Å². The molecule has 1 aliphatic rings. The van der Waals surface area contributed by atoms with E-state index in [1.807, 2.05) is 0 Å². The van der Waals surface area contributed by atoms with Gasteiger partial charge in [-0.05, 0) is 37.5 Å². The third kappa shape index (κ3) is 4.78. The van der Waals surface area contributed by atoms with Crippen molar-refractivity contribution >= 4 is 15.9 Å². The second-order valence-corrected chi connectivity index (χ2v) is 7.93. The van der Waals surface area contributed by atoms with Crippen LogP contribution in [-0.4, -0.2) is 27.4 Å². The number of carbonyl (C=O) groups excluding carboxylic acids is 1. The first-order valence-corrected chi connectivity index (χ1v) is 9.77. The lowest BCUT2D eigenvalue weighted by Crippen LogP contribution is -2.35. The summed E-state index contributed by atoms with van der Waals surface area (Å²) in [5.74, 6) is -0.273. The Balaban J connectivity index is 2.19. The van der Waals surface area contributed by atoms with E-state index in [1.165, 1.54) is 32.4 Å². The molecule has 1 aliphatic carbocycles. The van der Waals surface area contributed by atoms with Gasteiger partial charge in [-0.15, -0.1) is 0 Å². The van der Waals surface area contributed by atoms with Crippen molar-refractivity contribution in [3.8, 4) is 0 Å². The minimum Gasteiger partial charge on any atom is -0.355 e. The van der Waals surface area contributed by atoms with Crippen LogP contribution in [0.5, 0.6) is 0 Å². The zero-order chi connectivity index (χ0) is 16.9. The van der Waals surface area contributed by atoms with Gasteiger partial charge in [0.2, 0.25) is 10.0 Å². The van der Waals surface area contributed by atoms with Crippen molar-refractivity contribution in [3.63, 3.8) is 0 Å². The fraction of sp³-hybridized carbons (Fsp3) is 0.588. The van der Waals surface area contributed by atoms with E-state index in [2.05, 4.69) is 10.0 Å². The summed E-state index contributed by atoms with van der Waals surface area (Å²) in [5, 5.41) is 2.54. The molecule has 6 heteroatoms. The Morgan fingerprint density at radius 3 is 2.30 bits per heavy atom. The summed E-state index contributed by atoms with van der Waals surface area (Å²) in [7, 11) is -2.06. The van der Waals surface area contributed by atoms with Crippen LogP contribution in [0.4, 0.5) is 0 Å². The summed E-state index contributed by atoms with van der Waals surface area (Å²) in [6, 6.07) is 4.69. The summed E-state index contributed by atoms with van der Waals surface area (Å²) in [5.41, 5.74) is 1.15. The van der Waals surface area contributed by atoms with Crippen molar-refractivity contribution in [1.82, 2.24) is 10.0 Å². The van der Waals surface area contributed by atoms with Gasteiger partial charge in [-0.2, -0.15) is 0 Å². The molecule has 23 heavy (non-hydrogen) atoms. The summed E-state index contributed by atoms with van der Waals surface area (Å²) in [4.78, 5) is 12.0. The maximum Gasteiger partial charge on any atom is 0.251 e. The van der Waals surface area contributed by atoms with E-state index < -0.39 is 10.0 Å². The summed E-state index contributed by atoms with van der Waals surface area (Å²) < 4.78 is 28.1. The normalized spacial score (nSPS) is 17.3. The number of aryl methyl sites for hydroxylation is 1. The highest BCUT2D eigenvalue weighted by atomic mass is 32.2. The molecular formula is C17H26N2O3S. The maximum atomic E-state index is 12.6. The van der Waals surface area contributed by atoms with E-state index in [1.54, 1.807) is 19.1 Å². The van der Waals surface area contributed by atoms with Gasteiger partial charge in [0.25, 0.3) is 5.91 Å². The van der Waals surface area contributed by atoms with Gasteiger partial charge in [-0.25, -0.2) is 13.1 Å². The highest BCUT2D eigenvalue weighted by Gasteiger charge is 2.22. The molecule has 0 unspecified atom stereocenters. The van der Waals surface area contributed by atoms with E-state index in [4.69, 9.17) is 0 Å². The van der Waals surface area contributed by atoms with Gasteiger partial charge in [-0.3, -0.25) is 4.79 Å². The molecule has 1 fully saturated rings. The predicted octanol–water partition coefficient (Wildman–Crippen LogP) is 2.75. The molecule has 0 aliphatic heterocycles. The zero-order valence-corrected chi connectivity index (χ0v) is 14.7. The van der Waals surface area contributed by atoms with Crippen molar-refractivity contribution in [3.05, 3.63) is 29.3 Å². The van der Waals surface area contributed by atoms with Crippen molar-refractivity contribution in [2.75, 3.05) is 7.05 Å². The Bertz CT molecular complexity index is 648. The SMILES string of the molecule is CNC(=O)c1cc(S(=O)(=O)NC2CCCCCCC2)ccc1C. The molecular weight excluding hydrogens is 312 g/mol. The van der Waals surface area contributed by atoms with Gasteiger partial charge in [0.15, 0.2) is 0 Å². The van der Waals surface area contributed by atoms with Crippen LogP contribution in [0, 0.1) is 6.92 Å². The Labute approximate surface area is 138 Å². The van der Waals surface area contributed by atoms with Crippen LogP contribution in [0.1, 0.15) is 60.9 Å². The average molecular weight is 338 g/mol. The Morgan fingerprint density at radius 1 is 1.09 bits per heavy atom. The molecule has 0 heterocycles. The topological polar surface area (TPSA) is 75.3 Å². The number of nitrogens with one attached hydrogen (secondary N) is 2. The third-order valence-corrected chi connectivity index (χ3v) is 5.94. The summed E-state index contributed by atoms with van der Waals surface area (Å²) in [6.07, 6.45) is 7.47. The predicted molar refractivity (Wildman–Crippen MR) is 91.0 cm³/mol. The molecule has 1 aromatic carbocycles. The van der Waals surface area contributed by atoms with Gasteiger partial charge in [0, 0.05) is 18.7 Å². The standard InChI is InChI=1S/C17H26N2O3S/c1-13-10-11-15(12-16(13)17(20)18-2)23(21,22)19-14-8-6-4-3-5-7-9-14/h10-12,14,19H,3-9H2,1-2H3,(H,18,20). The quantitative estimate of drug-likeness (QED) is 0.886. The largest absolute Gasteiger partial charge is 0.355 e. The molecule has 0 bridgehead atoms. The van der Waals surface area contributed by atoms with Gasteiger partial charge >= 0.3 is 0 Å². The minimum absolute atomic E-state index is 0.00921. The van der Waals surface area contributed by atoms with Crippen LogP contribution in [0.3, 0.4) is 0 Å². The second kappa shape index (κ2) is 7.93. The Kier molecular flexibility index (Phi) is 6.18. The molecule has 0 saturated heterocycles. The minimum atomic E-state index is -3.60. The zero-order valence-electron chi connectivity index (χ0n) is 13.9. The first kappa shape index (κ1) is 17.9. The van der Waals surface area contributed by atoms with Crippen LogP contribution in [0.25, 0.3) is 0 Å². The number of benzene rings is 1. The lowest BCUT2D eigenvalue weighted by Gasteiger charge is -2.21. The van der Waals surface area contributed by atoms with Crippen LogP contribution in [0.2, 0.25) is 0 Å². The number of sulfonamides is 1. The van der Waals surface area contributed by atoms with E-state index in [9.17, 15) is 13.2 Å². The number of hydrogen-bond acceptors (Lipinski definition) is 3. The molecule has 1 amide bonds. The molecule has 1 saturated carbocycles. The monoisotopic (exact) mass is 338 g/mol. The molecule has 2 N–H and O–H groups in total. The van der Waals surface area contributed by atoms with Crippen molar-refractivity contribution < 1.29 is 13.2 Å². The summed E-state index contributed by atoms with van der Waals surface area (Å²) >= 11 is 0. The molecule has 0 spiro atoms. The maximum absolute atomic E-state index is 12.6. The van der Waals surface area contributed by atoms with E-state index in [0.29, 0.717) is 5.56 Å². The fourth-order valence-electron chi connectivity index (χ4n) is 3.01. The lowest BCUT2D eigenvalue weighted by atomic mass is 9.97.